The molecule has 7 heteroatoms. The van der Waals surface area contributed by atoms with Gasteiger partial charge in [-0.05, 0) is 51.7 Å². The topological polar surface area (TPSA) is 84.9 Å². The normalized spacial score (nSPS) is 22.4. The lowest BCUT2D eigenvalue weighted by Gasteiger charge is -2.36. The average molecular weight is 346 g/mol. The van der Waals surface area contributed by atoms with Crippen LogP contribution in [-0.4, -0.2) is 41.2 Å². The minimum absolute atomic E-state index is 0.0330. The quantitative estimate of drug-likeness (QED) is 0.847. The number of nitrogens with zero attached hydrogens (tertiary/aromatic N) is 1. The van der Waals surface area contributed by atoms with Crippen molar-refractivity contribution in [3.63, 3.8) is 0 Å². The van der Waals surface area contributed by atoms with Crippen LogP contribution in [0, 0.1) is 5.92 Å². The maximum atomic E-state index is 12.2. The van der Waals surface area contributed by atoms with Crippen LogP contribution in [0.2, 0.25) is 0 Å². The van der Waals surface area contributed by atoms with E-state index in [1.165, 1.54) is 0 Å². The van der Waals surface area contributed by atoms with Crippen molar-refractivity contribution in [1.82, 2.24) is 10.4 Å². The average Bonchev–Trinajstić information content (AvgIpc) is 2.72. The number of nitrogens with one attached hydrogen (secondary N) is 1. The van der Waals surface area contributed by atoms with Crippen LogP contribution in [0.4, 0.5) is 4.79 Å². The summed E-state index contributed by atoms with van der Waals surface area (Å²) in [5.74, 6) is -0.670. The van der Waals surface area contributed by atoms with Crippen molar-refractivity contribution in [3.8, 4) is 0 Å². The second kappa shape index (κ2) is 6.48. The van der Waals surface area contributed by atoms with Crippen LogP contribution in [-0.2, 0) is 9.57 Å². The molecule has 0 radical (unpaired) electrons. The van der Waals surface area contributed by atoms with E-state index in [0.717, 1.165) is 17.9 Å². The first kappa shape index (κ1) is 17.4. The molecule has 1 aromatic rings. The van der Waals surface area contributed by atoms with Crippen molar-refractivity contribution in [2.24, 2.45) is 5.92 Å². The smallest absolute Gasteiger partial charge is 0.407 e. The molecule has 7 nitrogen and oxygen atoms in total. The van der Waals surface area contributed by atoms with Crippen LogP contribution in [0.1, 0.15) is 54.3 Å². The zero-order valence-corrected chi connectivity index (χ0v) is 14.6. The van der Waals surface area contributed by atoms with E-state index in [0.29, 0.717) is 11.1 Å². The molecule has 25 heavy (non-hydrogen) atoms. The molecule has 1 aliphatic heterocycles. The van der Waals surface area contributed by atoms with Gasteiger partial charge in [-0.1, -0.05) is 12.1 Å². The van der Waals surface area contributed by atoms with Gasteiger partial charge >= 0.3 is 6.09 Å². The highest BCUT2D eigenvalue weighted by Crippen LogP contribution is 2.30. The molecule has 3 amide bonds. The van der Waals surface area contributed by atoms with E-state index in [-0.39, 0.29) is 18.6 Å². The van der Waals surface area contributed by atoms with E-state index in [1.807, 2.05) is 20.8 Å². The Hall–Kier alpha value is -2.41. The zero-order valence-electron chi connectivity index (χ0n) is 14.6. The van der Waals surface area contributed by atoms with Crippen molar-refractivity contribution < 1.29 is 24.0 Å². The highest BCUT2D eigenvalue weighted by molar-refractivity contribution is 6.20. The van der Waals surface area contributed by atoms with Gasteiger partial charge in [-0.15, -0.1) is 5.06 Å². The van der Waals surface area contributed by atoms with E-state index in [4.69, 9.17) is 9.57 Å². The predicted molar refractivity (Wildman–Crippen MR) is 88.8 cm³/mol. The largest absolute Gasteiger partial charge is 0.444 e. The highest BCUT2D eigenvalue weighted by Gasteiger charge is 2.38. The number of benzene rings is 1. The minimum atomic E-state index is -0.526. The Balaban J connectivity index is 1.43. The van der Waals surface area contributed by atoms with Crippen molar-refractivity contribution in [2.45, 2.75) is 45.3 Å². The number of imide groups is 1. The predicted octanol–water partition coefficient (Wildman–Crippen LogP) is 2.52. The summed E-state index contributed by atoms with van der Waals surface area (Å²) in [5.41, 5.74) is 0.207. The number of carbonyl (C=O) groups is 3. The Labute approximate surface area is 146 Å². The summed E-state index contributed by atoms with van der Waals surface area (Å²) in [6.07, 6.45) is 1.02. The molecule has 0 aromatic heterocycles. The molecule has 2 aliphatic rings. The molecular formula is C18H22N2O5. The van der Waals surface area contributed by atoms with E-state index in [2.05, 4.69) is 5.32 Å². The molecule has 1 fully saturated rings. The third-order valence-electron chi connectivity index (χ3n) is 4.15. The fourth-order valence-corrected chi connectivity index (χ4v) is 2.93. The van der Waals surface area contributed by atoms with Crippen LogP contribution in [0.25, 0.3) is 0 Å². The molecule has 1 aromatic carbocycles. The number of alkyl carbamates (subject to hydrolysis) is 1. The van der Waals surface area contributed by atoms with Gasteiger partial charge in [0.2, 0.25) is 0 Å². The fourth-order valence-electron chi connectivity index (χ4n) is 2.93. The van der Waals surface area contributed by atoms with E-state index >= 15 is 0 Å². The summed E-state index contributed by atoms with van der Waals surface area (Å²) >= 11 is 0. The van der Waals surface area contributed by atoms with Gasteiger partial charge in [0.1, 0.15) is 5.60 Å². The summed E-state index contributed by atoms with van der Waals surface area (Å²) in [6.45, 7) is 5.70. The van der Waals surface area contributed by atoms with Gasteiger partial charge in [-0.2, -0.15) is 0 Å². The maximum absolute atomic E-state index is 12.2. The SMILES string of the molecule is CC(C)(C)OC(=O)N[C@H]1C[C@H](CON2C(=O)c3ccccc3C2=O)C1. The number of ether oxygens (including phenoxy) is 1. The van der Waals surface area contributed by atoms with Gasteiger partial charge in [0.05, 0.1) is 17.7 Å². The summed E-state index contributed by atoms with van der Waals surface area (Å²) in [7, 11) is 0. The molecule has 0 unspecified atom stereocenters. The monoisotopic (exact) mass is 346 g/mol. The lowest BCUT2D eigenvalue weighted by Crippen LogP contribution is -2.48. The number of rotatable bonds is 4. The van der Waals surface area contributed by atoms with Crippen molar-refractivity contribution in [3.05, 3.63) is 35.4 Å². The lowest BCUT2D eigenvalue weighted by molar-refractivity contribution is -0.112. The molecule has 3 rings (SSSR count). The molecule has 134 valence electrons. The first-order valence-electron chi connectivity index (χ1n) is 8.35. The number of hydroxylamine groups is 2. The van der Waals surface area contributed by atoms with Crippen LogP contribution in [0.15, 0.2) is 24.3 Å². The van der Waals surface area contributed by atoms with Gasteiger partial charge in [-0.3, -0.25) is 14.4 Å². The molecule has 0 atom stereocenters. The lowest BCUT2D eigenvalue weighted by atomic mass is 9.81. The van der Waals surface area contributed by atoms with Crippen molar-refractivity contribution in [1.29, 1.82) is 0 Å². The van der Waals surface area contributed by atoms with Gasteiger partial charge in [0.15, 0.2) is 0 Å². The first-order valence-corrected chi connectivity index (χ1v) is 8.35. The van der Waals surface area contributed by atoms with Crippen molar-refractivity contribution in [2.75, 3.05) is 6.61 Å². The van der Waals surface area contributed by atoms with Crippen LogP contribution >= 0.6 is 0 Å². The van der Waals surface area contributed by atoms with Crippen LogP contribution in [0.5, 0.6) is 0 Å². The van der Waals surface area contributed by atoms with Crippen LogP contribution in [0.3, 0.4) is 0 Å². The molecule has 0 saturated heterocycles. The Bertz CT molecular complexity index is 669. The highest BCUT2D eigenvalue weighted by atomic mass is 16.7. The first-order chi connectivity index (χ1) is 11.7. The molecule has 1 N–H and O–H groups in total. The van der Waals surface area contributed by atoms with Gasteiger partial charge in [0, 0.05) is 6.04 Å². The molecule has 1 aliphatic carbocycles. The second-order valence-corrected chi connectivity index (χ2v) is 7.43. The summed E-state index contributed by atoms with van der Waals surface area (Å²) in [6, 6.07) is 6.69. The molecule has 1 heterocycles. The Kier molecular flexibility index (Phi) is 4.51. The third kappa shape index (κ3) is 3.82. The minimum Gasteiger partial charge on any atom is -0.444 e. The van der Waals surface area contributed by atoms with Gasteiger partial charge < -0.3 is 10.1 Å². The number of hydrogen-bond acceptors (Lipinski definition) is 5. The van der Waals surface area contributed by atoms with Gasteiger partial charge in [-0.25, -0.2) is 4.79 Å². The molecule has 1 saturated carbocycles. The number of amides is 3. The Morgan fingerprint density at radius 1 is 1.16 bits per heavy atom. The molecule has 0 spiro atoms. The van der Waals surface area contributed by atoms with E-state index in [1.54, 1.807) is 24.3 Å². The second-order valence-electron chi connectivity index (χ2n) is 7.43. The number of fused-ring (bicyclic) bond motifs is 1. The number of hydrogen-bond donors (Lipinski definition) is 1. The van der Waals surface area contributed by atoms with E-state index < -0.39 is 23.5 Å². The Morgan fingerprint density at radius 2 is 1.72 bits per heavy atom. The zero-order chi connectivity index (χ0) is 18.2. The van der Waals surface area contributed by atoms with E-state index in [9.17, 15) is 14.4 Å². The van der Waals surface area contributed by atoms with Crippen molar-refractivity contribution >= 4 is 17.9 Å². The summed E-state index contributed by atoms with van der Waals surface area (Å²) < 4.78 is 5.21. The molecular weight excluding hydrogens is 324 g/mol. The fraction of sp³-hybridized carbons (Fsp3) is 0.500. The summed E-state index contributed by atoms with van der Waals surface area (Å²) in [4.78, 5) is 41.5. The molecule has 0 bridgehead atoms. The van der Waals surface area contributed by atoms with Crippen LogP contribution < -0.4 is 5.32 Å². The Morgan fingerprint density at radius 3 is 2.24 bits per heavy atom. The summed E-state index contributed by atoms with van der Waals surface area (Å²) in [5, 5.41) is 3.63. The van der Waals surface area contributed by atoms with Gasteiger partial charge in [0.25, 0.3) is 11.8 Å². The number of carbonyl (C=O) groups excluding carboxylic acids is 3. The maximum Gasteiger partial charge on any atom is 0.407 e. The standard InChI is InChI=1S/C18H22N2O5/c1-18(2,3)25-17(23)19-12-8-11(9-12)10-24-20-15(21)13-6-4-5-7-14(13)16(20)22/h4-7,11-12H,8-10H2,1-3H3,(H,19,23)/t11-,12-. The third-order valence-corrected chi connectivity index (χ3v) is 4.15.